The van der Waals surface area contributed by atoms with E-state index >= 15 is 0 Å². The summed E-state index contributed by atoms with van der Waals surface area (Å²) in [6.45, 7) is 3.17. The summed E-state index contributed by atoms with van der Waals surface area (Å²) in [6, 6.07) is 9.59. The number of nitro groups is 2. The number of hydrogen-bond donors (Lipinski definition) is 1. The van der Waals surface area contributed by atoms with Crippen molar-refractivity contribution in [3.05, 3.63) is 89.9 Å². The Kier molecular flexibility index (Phi) is 5.61. The Morgan fingerprint density at radius 2 is 1.11 bits per heavy atom. The monoisotopic (exact) mass is 423 g/mol. The highest BCUT2D eigenvalue weighted by Gasteiger charge is 2.62. The Morgan fingerprint density at radius 1 is 0.786 bits per heavy atom. The minimum atomic E-state index is -1.23. The molecule has 0 saturated carbocycles. The lowest BCUT2D eigenvalue weighted by Crippen LogP contribution is -2.63. The Morgan fingerprint density at radius 3 is 1.39 bits per heavy atom. The number of hydrogen-bond acceptors (Lipinski definition) is 5. The summed E-state index contributed by atoms with van der Waals surface area (Å²) in [5.41, 5.74) is 0.0761. The van der Waals surface area contributed by atoms with Crippen LogP contribution in [0, 0.1) is 25.6 Å². The molecule has 1 aliphatic heterocycles. The highest BCUT2D eigenvalue weighted by atomic mass is 35.5. The molecule has 1 saturated heterocycles. The Balaban J connectivity index is 2.14. The molecule has 7 nitrogen and oxygen atoms in total. The second-order valence-corrected chi connectivity index (χ2v) is 8.38. The topological polar surface area (TPSA) is 98.3 Å². The van der Waals surface area contributed by atoms with Crippen LogP contribution in [0.25, 0.3) is 0 Å². The van der Waals surface area contributed by atoms with Crippen LogP contribution in [0.15, 0.2) is 48.5 Å². The molecular formula is C19H19Cl2N3O4. The van der Waals surface area contributed by atoms with Gasteiger partial charge in [-0.3, -0.25) is 25.5 Å². The molecule has 0 amide bonds. The zero-order chi connectivity index (χ0) is 20.6. The van der Waals surface area contributed by atoms with Gasteiger partial charge in [0.1, 0.15) is 17.5 Å². The van der Waals surface area contributed by atoms with Crippen LogP contribution < -0.4 is 5.32 Å². The molecule has 2 aromatic rings. The molecule has 1 fully saturated rings. The number of rotatable bonds is 4. The average molecular weight is 424 g/mol. The van der Waals surface area contributed by atoms with Gasteiger partial charge in [-0.2, -0.15) is 0 Å². The molecule has 0 spiro atoms. The summed E-state index contributed by atoms with van der Waals surface area (Å²) in [5, 5.41) is 28.1. The highest BCUT2D eigenvalue weighted by Crippen LogP contribution is 2.47. The van der Waals surface area contributed by atoms with Crippen molar-refractivity contribution >= 4 is 23.2 Å². The highest BCUT2D eigenvalue weighted by molar-refractivity contribution is 6.30. The normalized spacial score (nSPS) is 26.6. The van der Waals surface area contributed by atoms with Gasteiger partial charge in [-0.1, -0.05) is 47.5 Å². The van der Waals surface area contributed by atoms with Crippen LogP contribution in [-0.2, 0) is 0 Å². The van der Waals surface area contributed by atoms with E-state index in [4.69, 9.17) is 23.2 Å². The third-order valence-electron chi connectivity index (χ3n) is 5.43. The third-order valence-corrected chi connectivity index (χ3v) is 5.93. The molecular weight excluding hydrogens is 405 g/mol. The molecule has 1 heterocycles. The zero-order valence-electron chi connectivity index (χ0n) is 15.2. The van der Waals surface area contributed by atoms with Crippen LogP contribution >= 0.6 is 23.2 Å². The van der Waals surface area contributed by atoms with Crippen LogP contribution in [0.3, 0.4) is 0 Å². The first-order chi connectivity index (χ1) is 13.1. The van der Waals surface area contributed by atoms with Gasteiger partial charge in [0, 0.05) is 19.9 Å². The Bertz CT molecular complexity index is 816. The third kappa shape index (κ3) is 3.70. The van der Waals surface area contributed by atoms with E-state index in [1.807, 2.05) is 0 Å². The van der Waals surface area contributed by atoms with Crippen molar-refractivity contribution in [3.8, 4) is 0 Å². The molecule has 0 radical (unpaired) electrons. The second kappa shape index (κ2) is 7.66. The number of benzene rings is 2. The SMILES string of the molecule is CC1(C)[C@H]([N+](=O)[O-])[C@H](c2ccc(Cl)cc2)N[C@@H](c2ccc(Cl)cc2)[C@H]1[N+](=O)[O-]. The van der Waals surface area contributed by atoms with Gasteiger partial charge in [0.25, 0.3) is 0 Å². The molecule has 9 heteroatoms. The van der Waals surface area contributed by atoms with Gasteiger partial charge in [-0.25, -0.2) is 0 Å². The van der Waals surface area contributed by atoms with Gasteiger partial charge in [0.05, 0.1) is 0 Å². The molecule has 0 bridgehead atoms. The molecule has 4 atom stereocenters. The standard InChI is InChI=1S/C19H19Cl2N3O4/c1-19(2)17(23(25)26)15(11-3-7-13(20)8-4-11)22-16(18(19)24(27)28)12-5-9-14(21)10-6-12/h3-10,15-18,22H,1-2H3/t15-,16-,17+,18+/m0/s1. The van der Waals surface area contributed by atoms with Crippen LogP contribution in [0.1, 0.15) is 37.1 Å². The summed E-state index contributed by atoms with van der Waals surface area (Å²) >= 11 is 11.9. The average Bonchev–Trinajstić information content (AvgIpc) is 2.60. The predicted octanol–water partition coefficient (Wildman–Crippen LogP) is 4.70. The van der Waals surface area contributed by atoms with E-state index in [1.54, 1.807) is 62.4 Å². The first kappa shape index (κ1) is 20.5. The zero-order valence-corrected chi connectivity index (χ0v) is 16.7. The molecule has 0 unspecified atom stereocenters. The van der Waals surface area contributed by atoms with Crippen molar-refractivity contribution in [3.63, 3.8) is 0 Å². The number of nitrogens with zero attached hydrogens (tertiary/aromatic N) is 2. The van der Waals surface area contributed by atoms with E-state index in [0.717, 1.165) is 0 Å². The predicted molar refractivity (Wildman–Crippen MR) is 107 cm³/mol. The maximum Gasteiger partial charge on any atom is 0.243 e. The van der Waals surface area contributed by atoms with Gasteiger partial charge >= 0.3 is 0 Å². The van der Waals surface area contributed by atoms with Gasteiger partial charge in [-0.15, -0.1) is 0 Å². The minimum absolute atomic E-state index is 0.430. The lowest BCUT2D eigenvalue weighted by Gasteiger charge is -2.44. The number of piperidine rings is 1. The van der Waals surface area contributed by atoms with Crippen molar-refractivity contribution in [1.82, 2.24) is 5.32 Å². The molecule has 1 aliphatic rings. The van der Waals surface area contributed by atoms with Crippen LogP contribution in [0.4, 0.5) is 0 Å². The smallest absolute Gasteiger partial charge is 0.243 e. The minimum Gasteiger partial charge on any atom is -0.291 e. The van der Waals surface area contributed by atoms with Crippen LogP contribution in [0.2, 0.25) is 10.0 Å². The van der Waals surface area contributed by atoms with E-state index in [0.29, 0.717) is 21.2 Å². The van der Waals surface area contributed by atoms with Crippen molar-refractivity contribution in [2.75, 3.05) is 0 Å². The fourth-order valence-electron chi connectivity index (χ4n) is 4.09. The Hall–Kier alpha value is -2.22. The number of nitrogens with one attached hydrogen (secondary N) is 1. The van der Waals surface area contributed by atoms with Crippen molar-refractivity contribution in [2.45, 2.75) is 38.0 Å². The van der Waals surface area contributed by atoms with Crippen molar-refractivity contribution in [1.29, 1.82) is 0 Å². The van der Waals surface area contributed by atoms with E-state index in [9.17, 15) is 20.2 Å². The molecule has 0 aromatic heterocycles. The van der Waals surface area contributed by atoms with Crippen LogP contribution in [-0.4, -0.2) is 21.9 Å². The van der Waals surface area contributed by atoms with Gasteiger partial charge < -0.3 is 0 Å². The molecule has 28 heavy (non-hydrogen) atoms. The molecule has 2 aromatic carbocycles. The van der Waals surface area contributed by atoms with E-state index < -0.39 is 39.4 Å². The van der Waals surface area contributed by atoms with E-state index in [-0.39, 0.29) is 0 Å². The fraction of sp³-hybridized carbons (Fsp3) is 0.368. The summed E-state index contributed by atoms with van der Waals surface area (Å²) in [6.07, 6.45) is 0. The summed E-state index contributed by atoms with van der Waals surface area (Å²) in [4.78, 5) is 23.1. The van der Waals surface area contributed by atoms with Gasteiger partial charge in [0.2, 0.25) is 12.1 Å². The second-order valence-electron chi connectivity index (χ2n) is 7.51. The van der Waals surface area contributed by atoms with E-state index in [1.165, 1.54) is 0 Å². The van der Waals surface area contributed by atoms with Crippen LogP contribution in [0.5, 0.6) is 0 Å². The summed E-state index contributed by atoms with van der Waals surface area (Å²) in [5.74, 6) is 0. The Labute approximate surface area is 171 Å². The quantitative estimate of drug-likeness (QED) is 0.567. The maximum absolute atomic E-state index is 12.0. The molecule has 3 rings (SSSR count). The lowest BCUT2D eigenvalue weighted by molar-refractivity contribution is -0.605. The molecule has 1 N–H and O–H groups in total. The largest absolute Gasteiger partial charge is 0.291 e. The maximum atomic E-state index is 12.0. The molecule has 0 aliphatic carbocycles. The van der Waals surface area contributed by atoms with Crippen molar-refractivity contribution in [2.24, 2.45) is 5.41 Å². The first-order valence-electron chi connectivity index (χ1n) is 8.67. The van der Waals surface area contributed by atoms with Gasteiger partial charge in [0.15, 0.2) is 0 Å². The first-order valence-corrected chi connectivity index (χ1v) is 9.42. The number of halogens is 2. The summed E-state index contributed by atoms with van der Waals surface area (Å²) in [7, 11) is 0. The van der Waals surface area contributed by atoms with E-state index in [2.05, 4.69) is 5.32 Å². The van der Waals surface area contributed by atoms with Crippen molar-refractivity contribution < 1.29 is 9.85 Å². The molecule has 148 valence electrons. The fourth-order valence-corrected chi connectivity index (χ4v) is 4.35. The summed E-state index contributed by atoms with van der Waals surface area (Å²) < 4.78 is 0. The lowest BCUT2D eigenvalue weighted by atomic mass is 9.66. The van der Waals surface area contributed by atoms with Gasteiger partial charge in [-0.05, 0) is 49.2 Å².